The van der Waals surface area contributed by atoms with Crippen LogP contribution < -0.4 is 16.5 Å². The summed E-state index contributed by atoms with van der Waals surface area (Å²) in [6, 6.07) is 7.75. The van der Waals surface area contributed by atoms with Crippen molar-refractivity contribution < 1.29 is 23.1 Å². The summed E-state index contributed by atoms with van der Waals surface area (Å²) in [4.78, 5) is 24.5. The highest BCUT2D eigenvalue weighted by Gasteiger charge is 2.33. The summed E-state index contributed by atoms with van der Waals surface area (Å²) in [7, 11) is -4.01. The number of hydrogen-bond donors (Lipinski definition) is 4. The molecule has 9 nitrogen and oxygen atoms in total. The first kappa shape index (κ1) is 24.4. The molecule has 12 heteroatoms. The first-order valence-corrected chi connectivity index (χ1v) is 11.2. The van der Waals surface area contributed by atoms with Crippen LogP contribution in [0, 0.1) is 0 Å². The van der Waals surface area contributed by atoms with Crippen LogP contribution in [-0.4, -0.2) is 36.3 Å². The highest BCUT2D eigenvalue weighted by Crippen LogP contribution is 2.34. The summed E-state index contributed by atoms with van der Waals surface area (Å²) in [6.45, 7) is 2.92. The predicted molar refractivity (Wildman–Crippen MR) is 120 cm³/mol. The van der Waals surface area contributed by atoms with Crippen molar-refractivity contribution >= 4 is 61.9 Å². The second kappa shape index (κ2) is 9.99. The Kier molecular flexibility index (Phi) is 7.88. The number of hydrogen-bond acceptors (Lipinski definition) is 7. The van der Waals surface area contributed by atoms with Crippen LogP contribution in [0.15, 0.2) is 46.4 Å². The minimum Gasteiger partial charge on any atom is -0.506 e. The van der Waals surface area contributed by atoms with E-state index in [0.29, 0.717) is 5.02 Å². The van der Waals surface area contributed by atoms with Gasteiger partial charge in [-0.25, -0.2) is 8.42 Å². The molecule has 31 heavy (non-hydrogen) atoms. The molecule has 2 amide bonds. The Morgan fingerprint density at radius 1 is 1.13 bits per heavy atom. The van der Waals surface area contributed by atoms with Crippen LogP contribution in [0.1, 0.15) is 20.3 Å². The van der Waals surface area contributed by atoms with Gasteiger partial charge < -0.3 is 21.6 Å². The van der Waals surface area contributed by atoms with Crippen LogP contribution in [-0.2, 0) is 19.4 Å². The van der Waals surface area contributed by atoms with Gasteiger partial charge in [-0.05, 0) is 43.7 Å². The Morgan fingerprint density at radius 3 is 2.29 bits per heavy atom. The highest BCUT2D eigenvalue weighted by atomic mass is 35.5. The smallest absolute Gasteiger partial charge is 0.271 e. The maximum Gasteiger partial charge on any atom is 0.271 e. The number of aromatic hydroxyl groups is 1. The number of phenolic OH excluding ortho intramolecular Hbond substituents is 1. The van der Waals surface area contributed by atoms with E-state index in [4.69, 9.17) is 29.0 Å². The number of anilines is 2. The number of carbonyl (C=O) groups excluding carboxylic acids is 2. The van der Waals surface area contributed by atoms with Crippen molar-refractivity contribution in [1.29, 1.82) is 0 Å². The van der Waals surface area contributed by atoms with Crippen molar-refractivity contribution in [3.05, 3.63) is 46.4 Å². The van der Waals surface area contributed by atoms with E-state index < -0.39 is 32.7 Å². The zero-order valence-corrected chi connectivity index (χ0v) is 18.8. The third-order valence-electron chi connectivity index (χ3n) is 4.29. The van der Waals surface area contributed by atoms with Crippen LogP contribution >= 0.6 is 23.2 Å². The van der Waals surface area contributed by atoms with Crippen molar-refractivity contribution in [2.45, 2.75) is 30.4 Å². The molecule has 1 unspecified atom stereocenters. The zero-order valence-electron chi connectivity index (χ0n) is 16.5. The lowest BCUT2D eigenvalue weighted by Crippen LogP contribution is -2.34. The standard InChI is InChI=1S/C19H20Cl2N4O5S/c1-3-17(31(29,30)12-6-4-11(20)5-7-12)19(28)23-14-9-16(26)15(8-13(14)21)24-18(27)10(2)25-22/h4-9,17,26H,3,22H2,1-2H3,(H,23,28)(H,24,27). The highest BCUT2D eigenvalue weighted by molar-refractivity contribution is 7.92. The van der Waals surface area contributed by atoms with Crippen LogP contribution in [0.3, 0.4) is 0 Å². The SMILES string of the molecule is CCC(C(=O)Nc1cc(O)c(NC(=O)C(C)=NN)cc1Cl)S(=O)(=O)c1ccc(Cl)cc1. The summed E-state index contributed by atoms with van der Waals surface area (Å²) in [6.07, 6.45) is -0.00770. The molecule has 5 N–H and O–H groups in total. The third kappa shape index (κ3) is 5.66. The molecule has 0 heterocycles. The number of nitrogens with one attached hydrogen (secondary N) is 2. The molecule has 0 bridgehead atoms. The fourth-order valence-corrected chi connectivity index (χ4v) is 4.54. The molecular weight excluding hydrogens is 467 g/mol. The lowest BCUT2D eigenvalue weighted by Gasteiger charge is -2.17. The van der Waals surface area contributed by atoms with Crippen LogP contribution in [0.5, 0.6) is 5.75 Å². The Labute approximate surface area is 189 Å². The van der Waals surface area contributed by atoms with Gasteiger partial charge in [-0.15, -0.1) is 0 Å². The minimum absolute atomic E-state index is 0.00770. The topological polar surface area (TPSA) is 151 Å². The second-order valence-electron chi connectivity index (χ2n) is 6.40. The van der Waals surface area contributed by atoms with E-state index in [1.54, 1.807) is 6.92 Å². The molecule has 0 radical (unpaired) electrons. The van der Waals surface area contributed by atoms with Crippen molar-refractivity contribution in [3.8, 4) is 5.75 Å². The number of carbonyl (C=O) groups is 2. The molecule has 0 saturated heterocycles. The summed E-state index contributed by atoms with van der Waals surface area (Å²) >= 11 is 11.9. The Morgan fingerprint density at radius 2 is 1.74 bits per heavy atom. The number of nitrogens with zero attached hydrogens (tertiary/aromatic N) is 1. The first-order chi connectivity index (χ1) is 14.5. The maximum absolute atomic E-state index is 12.9. The van der Waals surface area contributed by atoms with Gasteiger partial charge in [0, 0.05) is 11.1 Å². The van der Waals surface area contributed by atoms with Crippen molar-refractivity contribution in [3.63, 3.8) is 0 Å². The number of halogens is 2. The van der Waals surface area contributed by atoms with E-state index in [9.17, 15) is 23.1 Å². The Bertz CT molecular complexity index is 1130. The molecule has 0 spiro atoms. The lowest BCUT2D eigenvalue weighted by molar-refractivity contribution is -0.116. The molecule has 2 aromatic rings. The van der Waals surface area contributed by atoms with E-state index in [2.05, 4.69) is 15.7 Å². The minimum atomic E-state index is -4.01. The van der Waals surface area contributed by atoms with Gasteiger partial charge in [0.05, 0.1) is 21.3 Å². The van der Waals surface area contributed by atoms with Gasteiger partial charge in [0.15, 0.2) is 9.84 Å². The van der Waals surface area contributed by atoms with E-state index in [1.165, 1.54) is 37.3 Å². The number of benzene rings is 2. The molecule has 2 rings (SSSR count). The Hall–Kier alpha value is -2.82. The summed E-state index contributed by atoms with van der Waals surface area (Å²) in [5.41, 5.74) is -0.112. The van der Waals surface area contributed by atoms with Gasteiger partial charge in [-0.1, -0.05) is 30.1 Å². The molecule has 0 fully saturated rings. The fraction of sp³-hybridized carbons (Fsp3) is 0.211. The molecule has 2 aromatic carbocycles. The van der Waals surface area contributed by atoms with E-state index in [0.717, 1.165) is 6.07 Å². The molecule has 0 saturated carbocycles. The molecule has 0 aliphatic heterocycles. The van der Waals surface area contributed by atoms with Crippen LogP contribution in [0.2, 0.25) is 10.0 Å². The number of rotatable bonds is 7. The zero-order chi connectivity index (χ0) is 23.3. The molecule has 0 aliphatic rings. The summed E-state index contributed by atoms with van der Waals surface area (Å²) < 4.78 is 25.7. The average Bonchev–Trinajstić information content (AvgIpc) is 2.71. The van der Waals surface area contributed by atoms with Gasteiger partial charge in [0.2, 0.25) is 5.91 Å². The third-order valence-corrected chi connectivity index (χ3v) is 7.08. The van der Waals surface area contributed by atoms with E-state index in [-0.39, 0.29) is 33.4 Å². The van der Waals surface area contributed by atoms with Crippen molar-refractivity contribution in [2.75, 3.05) is 10.6 Å². The van der Waals surface area contributed by atoms with Gasteiger partial charge in [-0.2, -0.15) is 5.10 Å². The predicted octanol–water partition coefficient (Wildman–Crippen LogP) is 3.16. The largest absolute Gasteiger partial charge is 0.506 e. The molecule has 166 valence electrons. The summed E-state index contributed by atoms with van der Waals surface area (Å²) in [5.74, 6) is 3.13. The van der Waals surface area contributed by atoms with Gasteiger partial charge in [-0.3, -0.25) is 9.59 Å². The monoisotopic (exact) mass is 486 g/mol. The van der Waals surface area contributed by atoms with E-state index >= 15 is 0 Å². The number of hydrazone groups is 1. The van der Waals surface area contributed by atoms with Crippen molar-refractivity contribution in [1.82, 2.24) is 0 Å². The lowest BCUT2D eigenvalue weighted by atomic mass is 10.2. The van der Waals surface area contributed by atoms with Gasteiger partial charge >= 0.3 is 0 Å². The second-order valence-corrected chi connectivity index (χ2v) is 9.38. The quantitative estimate of drug-likeness (QED) is 0.204. The van der Waals surface area contributed by atoms with Gasteiger partial charge in [0.25, 0.3) is 5.91 Å². The molecule has 0 aromatic heterocycles. The van der Waals surface area contributed by atoms with Crippen LogP contribution in [0.25, 0.3) is 0 Å². The maximum atomic E-state index is 12.9. The number of nitrogens with two attached hydrogens (primary N) is 1. The van der Waals surface area contributed by atoms with Crippen molar-refractivity contribution in [2.24, 2.45) is 10.9 Å². The fourth-order valence-electron chi connectivity index (χ4n) is 2.58. The summed E-state index contributed by atoms with van der Waals surface area (Å²) in [5, 5.41) is 17.1. The number of amides is 2. The molecular formula is C19H20Cl2N4O5S. The van der Waals surface area contributed by atoms with E-state index in [1.807, 2.05) is 0 Å². The Balaban J connectivity index is 2.28. The average molecular weight is 487 g/mol. The molecule has 0 aliphatic carbocycles. The number of phenols is 1. The van der Waals surface area contributed by atoms with Crippen LogP contribution in [0.4, 0.5) is 11.4 Å². The first-order valence-electron chi connectivity index (χ1n) is 8.89. The normalized spacial score (nSPS) is 12.8. The van der Waals surface area contributed by atoms with Gasteiger partial charge in [0.1, 0.15) is 16.7 Å². The number of sulfone groups is 1. The molecule has 1 atom stereocenters.